The van der Waals surface area contributed by atoms with Crippen molar-refractivity contribution in [2.24, 2.45) is 0 Å². The fraction of sp³-hybridized carbons (Fsp3) is 0.0833. The average Bonchev–Trinajstić information content (AvgIpc) is 2.92. The second kappa shape index (κ2) is 5.96. The zero-order valence-electron chi connectivity index (χ0n) is 9.87. The summed E-state index contributed by atoms with van der Waals surface area (Å²) in [6.45, 7) is -0.297. The number of thiophene rings is 1. The van der Waals surface area contributed by atoms with Gasteiger partial charge in [0.1, 0.15) is 4.21 Å². The van der Waals surface area contributed by atoms with Crippen LogP contribution in [-0.2, 0) is 14.8 Å². The van der Waals surface area contributed by atoms with Crippen LogP contribution < -0.4 is 10.0 Å². The molecule has 0 aliphatic carbocycles. The van der Waals surface area contributed by atoms with Gasteiger partial charge in [-0.25, -0.2) is 13.1 Å². The second-order valence-electron chi connectivity index (χ2n) is 3.67. The van der Waals surface area contributed by atoms with Crippen LogP contribution in [0.1, 0.15) is 0 Å². The van der Waals surface area contributed by atoms with E-state index in [2.05, 4.69) is 10.0 Å². The van der Waals surface area contributed by atoms with Crippen molar-refractivity contribution in [2.45, 2.75) is 4.21 Å². The third kappa shape index (κ3) is 3.88. The summed E-state index contributed by atoms with van der Waals surface area (Å²) < 4.78 is 26.0. The first-order valence-corrected chi connectivity index (χ1v) is 7.82. The van der Waals surface area contributed by atoms with Crippen LogP contribution in [0.4, 0.5) is 5.69 Å². The third-order valence-corrected chi connectivity index (χ3v) is 5.04. The van der Waals surface area contributed by atoms with E-state index in [-0.39, 0.29) is 10.8 Å². The van der Waals surface area contributed by atoms with Crippen molar-refractivity contribution in [3.63, 3.8) is 0 Å². The minimum absolute atomic E-state index is 0.194. The molecule has 1 amide bonds. The summed E-state index contributed by atoms with van der Waals surface area (Å²) in [5, 5.41) is 4.26. The molecule has 1 heterocycles. The van der Waals surface area contributed by atoms with Crippen molar-refractivity contribution in [1.29, 1.82) is 0 Å². The number of amides is 1. The molecule has 1 aromatic heterocycles. The van der Waals surface area contributed by atoms with E-state index in [9.17, 15) is 13.2 Å². The van der Waals surface area contributed by atoms with Crippen LogP contribution in [0.3, 0.4) is 0 Å². The van der Waals surface area contributed by atoms with E-state index in [0.29, 0.717) is 5.69 Å². The number of anilines is 1. The summed E-state index contributed by atoms with van der Waals surface area (Å²) in [4.78, 5) is 11.6. The fourth-order valence-corrected chi connectivity index (χ4v) is 3.39. The molecular weight excluding hydrogens is 284 g/mol. The number of para-hydroxylation sites is 1. The standard InChI is InChI=1S/C12H12N2O3S2/c15-11(14-10-5-2-1-3-6-10)9-13-19(16,17)12-7-4-8-18-12/h1-8,13H,9H2,(H,14,15). The molecule has 0 saturated carbocycles. The summed E-state index contributed by atoms with van der Waals surface area (Å²) >= 11 is 1.10. The molecule has 19 heavy (non-hydrogen) atoms. The molecule has 7 heteroatoms. The van der Waals surface area contributed by atoms with Crippen molar-refractivity contribution in [2.75, 3.05) is 11.9 Å². The van der Waals surface area contributed by atoms with Gasteiger partial charge in [0, 0.05) is 5.69 Å². The molecule has 0 unspecified atom stereocenters. The monoisotopic (exact) mass is 296 g/mol. The first-order chi connectivity index (χ1) is 9.08. The van der Waals surface area contributed by atoms with Crippen molar-refractivity contribution in [1.82, 2.24) is 4.72 Å². The Morgan fingerprint density at radius 1 is 1.11 bits per heavy atom. The Balaban J connectivity index is 1.91. The van der Waals surface area contributed by atoms with Crippen LogP contribution >= 0.6 is 11.3 Å². The van der Waals surface area contributed by atoms with Crippen LogP contribution in [-0.4, -0.2) is 20.9 Å². The molecule has 2 N–H and O–H groups in total. The Labute approximate surface area is 115 Å². The highest BCUT2D eigenvalue weighted by Crippen LogP contribution is 2.14. The van der Waals surface area contributed by atoms with E-state index < -0.39 is 15.9 Å². The van der Waals surface area contributed by atoms with E-state index in [0.717, 1.165) is 11.3 Å². The van der Waals surface area contributed by atoms with Gasteiger partial charge in [0.2, 0.25) is 5.91 Å². The van der Waals surface area contributed by atoms with Gasteiger partial charge in [-0.05, 0) is 23.6 Å². The highest BCUT2D eigenvalue weighted by atomic mass is 32.2. The fourth-order valence-electron chi connectivity index (χ4n) is 1.37. The highest BCUT2D eigenvalue weighted by molar-refractivity contribution is 7.91. The lowest BCUT2D eigenvalue weighted by atomic mass is 10.3. The summed E-state index contributed by atoms with van der Waals surface area (Å²) in [6, 6.07) is 12.0. The number of benzene rings is 1. The van der Waals surface area contributed by atoms with Gasteiger partial charge in [-0.1, -0.05) is 24.3 Å². The minimum Gasteiger partial charge on any atom is -0.325 e. The Morgan fingerprint density at radius 3 is 2.47 bits per heavy atom. The smallest absolute Gasteiger partial charge is 0.250 e. The van der Waals surface area contributed by atoms with Crippen LogP contribution in [0.2, 0.25) is 0 Å². The molecule has 1 aromatic carbocycles. The number of hydrogen-bond acceptors (Lipinski definition) is 4. The first-order valence-electron chi connectivity index (χ1n) is 5.46. The molecule has 100 valence electrons. The van der Waals surface area contributed by atoms with Gasteiger partial charge in [0.05, 0.1) is 6.54 Å². The van der Waals surface area contributed by atoms with Crippen LogP contribution in [0.25, 0.3) is 0 Å². The van der Waals surface area contributed by atoms with E-state index in [1.807, 2.05) is 6.07 Å². The van der Waals surface area contributed by atoms with Crippen LogP contribution in [0.15, 0.2) is 52.1 Å². The molecule has 0 bridgehead atoms. The largest absolute Gasteiger partial charge is 0.325 e. The normalized spacial score (nSPS) is 11.2. The number of sulfonamides is 1. The predicted octanol–water partition coefficient (Wildman–Crippen LogP) is 1.67. The summed E-state index contributed by atoms with van der Waals surface area (Å²) in [5.41, 5.74) is 0.628. The number of rotatable bonds is 5. The van der Waals surface area contributed by atoms with Gasteiger partial charge in [0.15, 0.2) is 0 Å². The number of carbonyl (C=O) groups is 1. The molecule has 0 fully saturated rings. The van der Waals surface area contributed by atoms with Gasteiger partial charge in [-0.15, -0.1) is 11.3 Å². The average molecular weight is 296 g/mol. The van der Waals surface area contributed by atoms with Crippen molar-refractivity contribution in [3.8, 4) is 0 Å². The lowest BCUT2D eigenvalue weighted by Gasteiger charge is -2.06. The predicted molar refractivity (Wildman–Crippen MR) is 74.6 cm³/mol. The van der Waals surface area contributed by atoms with Gasteiger partial charge in [-0.3, -0.25) is 4.79 Å². The van der Waals surface area contributed by atoms with Gasteiger partial charge in [0.25, 0.3) is 10.0 Å². The Kier molecular flexibility index (Phi) is 4.31. The Morgan fingerprint density at radius 2 is 1.84 bits per heavy atom. The van der Waals surface area contributed by atoms with E-state index in [4.69, 9.17) is 0 Å². The molecule has 0 spiro atoms. The lowest BCUT2D eigenvalue weighted by Crippen LogP contribution is -2.32. The molecule has 0 radical (unpaired) electrons. The van der Waals surface area contributed by atoms with Gasteiger partial charge in [-0.2, -0.15) is 0 Å². The zero-order valence-corrected chi connectivity index (χ0v) is 11.5. The molecular formula is C12H12N2O3S2. The quantitative estimate of drug-likeness (QED) is 0.881. The highest BCUT2D eigenvalue weighted by Gasteiger charge is 2.16. The molecule has 2 rings (SSSR count). The molecule has 0 saturated heterocycles. The topological polar surface area (TPSA) is 75.3 Å². The maximum absolute atomic E-state index is 11.8. The SMILES string of the molecule is O=C(CNS(=O)(=O)c1cccs1)Nc1ccccc1. The van der Waals surface area contributed by atoms with Gasteiger partial charge >= 0.3 is 0 Å². The van der Waals surface area contributed by atoms with E-state index in [1.54, 1.807) is 35.7 Å². The van der Waals surface area contributed by atoms with Crippen LogP contribution in [0.5, 0.6) is 0 Å². The Bertz CT molecular complexity index is 637. The maximum atomic E-state index is 11.8. The van der Waals surface area contributed by atoms with Crippen molar-refractivity contribution in [3.05, 3.63) is 47.8 Å². The van der Waals surface area contributed by atoms with E-state index in [1.165, 1.54) is 6.07 Å². The van der Waals surface area contributed by atoms with Crippen molar-refractivity contribution < 1.29 is 13.2 Å². The molecule has 5 nitrogen and oxygen atoms in total. The summed E-state index contributed by atoms with van der Waals surface area (Å²) in [5.74, 6) is -0.411. The molecule has 0 aliphatic rings. The second-order valence-corrected chi connectivity index (χ2v) is 6.61. The molecule has 0 atom stereocenters. The molecule has 2 aromatic rings. The molecule has 0 aliphatic heterocycles. The third-order valence-electron chi connectivity index (χ3n) is 2.24. The number of carbonyl (C=O) groups excluding carboxylic acids is 1. The van der Waals surface area contributed by atoms with Crippen LogP contribution in [0, 0.1) is 0 Å². The first kappa shape index (κ1) is 13.7. The maximum Gasteiger partial charge on any atom is 0.250 e. The number of nitrogens with one attached hydrogen (secondary N) is 2. The van der Waals surface area contributed by atoms with E-state index >= 15 is 0 Å². The Hall–Kier alpha value is -1.70. The minimum atomic E-state index is -3.60. The summed E-state index contributed by atoms with van der Waals surface area (Å²) in [6.07, 6.45) is 0. The lowest BCUT2D eigenvalue weighted by molar-refractivity contribution is -0.115. The van der Waals surface area contributed by atoms with Gasteiger partial charge < -0.3 is 5.32 Å². The van der Waals surface area contributed by atoms with Crippen molar-refractivity contribution >= 4 is 33.0 Å². The summed E-state index contributed by atoms with van der Waals surface area (Å²) in [7, 11) is -3.60. The number of hydrogen-bond donors (Lipinski definition) is 2. The zero-order chi connectivity index (χ0) is 13.7.